The van der Waals surface area contributed by atoms with Crippen molar-refractivity contribution in [3.63, 3.8) is 0 Å². The van der Waals surface area contributed by atoms with E-state index in [0.29, 0.717) is 24.0 Å². The monoisotopic (exact) mass is 498 g/mol. The molecular formula is C29H42N2O5. The lowest BCUT2D eigenvalue weighted by Crippen LogP contribution is -2.49. The van der Waals surface area contributed by atoms with E-state index < -0.39 is 11.9 Å². The summed E-state index contributed by atoms with van der Waals surface area (Å²) in [5.74, 6) is -1.27. The normalized spacial score (nSPS) is 28.3. The van der Waals surface area contributed by atoms with Gasteiger partial charge in [0.1, 0.15) is 6.10 Å². The molecule has 1 saturated carbocycles. The van der Waals surface area contributed by atoms with Crippen molar-refractivity contribution in [2.75, 3.05) is 13.1 Å². The van der Waals surface area contributed by atoms with Gasteiger partial charge in [0.2, 0.25) is 0 Å². The van der Waals surface area contributed by atoms with Gasteiger partial charge >= 0.3 is 11.9 Å². The van der Waals surface area contributed by atoms with Crippen LogP contribution in [0, 0.1) is 11.3 Å². The number of aliphatic carboxylic acids is 2. The number of benzene rings is 1. The van der Waals surface area contributed by atoms with E-state index in [2.05, 4.69) is 62.6 Å². The van der Waals surface area contributed by atoms with Gasteiger partial charge < -0.3 is 20.4 Å². The molecule has 1 saturated heterocycles. The molecule has 1 aromatic carbocycles. The molecule has 0 bridgehead atoms. The molecule has 3 N–H and O–H groups in total. The quantitative estimate of drug-likeness (QED) is 0.280. The average Bonchev–Trinajstić information content (AvgIpc) is 2.83. The molecule has 1 unspecified atom stereocenters. The molecule has 3 atom stereocenters. The topological polar surface area (TPSA) is 108 Å². The highest BCUT2D eigenvalue weighted by Gasteiger charge is 2.51. The van der Waals surface area contributed by atoms with Crippen LogP contribution < -0.4 is 5.32 Å². The van der Waals surface area contributed by atoms with Crippen LogP contribution in [0.1, 0.15) is 88.8 Å². The first kappa shape index (κ1) is 27.9. The number of carbonyl (C=O) groups is 2. The molecule has 4 rings (SSSR count). The molecule has 1 aliphatic heterocycles. The summed E-state index contributed by atoms with van der Waals surface area (Å²) >= 11 is 0. The lowest BCUT2D eigenvalue weighted by molar-refractivity contribution is -0.134. The Morgan fingerprint density at radius 3 is 2.36 bits per heavy atom. The predicted molar refractivity (Wildman–Crippen MR) is 142 cm³/mol. The van der Waals surface area contributed by atoms with Crippen LogP contribution in [0.4, 0.5) is 0 Å². The Labute approximate surface area is 215 Å². The van der Waals surface area contributed by atoms with Crippen molar-refractivity contribution >= 4 is 18.2 Å². The van der Waals surface area contributed by atoms with E-state index in [0.717, 1.165) is 25.9 Å². The van der Waals surface area contributed by atoms with Gasteiger partial charge in [-0.15, -0.1) is 0 Å². The maximum atomic E-state index is 9.55. The zero-order valence-corrected chi connectivity index (χ0v) is 22.1. The SMILES string of the molecule is CC(C)c1ccc2c(c1)CCC1[C@@](C)(/C=N/OC3CCNCC3)CCC[C@]21C.O=C(O)/C=C/C(=O)O. The van der Waals surface area contributed by atoms with Crippen molar-refractivity contribution in [1.29, 1.82) is 0 Å². The third kappa shape index (κ3) is 6.75. The third-order valence-electron chi connectivity index (χ3n) is 8.30. The van der Waals surface area contributed by atoms with Crippen LogP contribution in [-0.4, -0.2) is 47.6 Å². The van der Waals surface area contributed by atoms with Gasteiger partial charge in [-0.05, 0) is 85.6 Å². The Bertz CT molecular complexity index is 966. The third-order valence-corrected chi connectivity index (χ3v) is 8.30. The van der Waals surface area contributed by atoms with Crippen LogP contribution in [0.2, 0.25) is 0 Å². The summed E-state index contributed by atoms with van der Waals surface area (Å²) in [5.41, 5.74) is 5.07. The van der Waals surface area contributed by atoms with Gasteiger partial charge in [0.15, 0.2) is 0 Å². The maximum Gasteiger partial charge on any atom is 0.328 e. The van der Waals surface area contributed by atoms with Crippen molar-refractivity contribution in [2.45, 2.75) is 90.1 Å². The molecule has 7 heteroatoms. The second-order valence-corrected chi connectivity index (χ2v) is 11.2. The summed E-state index contributed by atoms with van der Waals surface area (Å²) in [5, 5.41) is 23.6. The standard InChI is InChI=1S/C25H38N2O.C4H4O4/c1-18(2)19-6-8-22-20(16-19)7-9-23-24(3,12-5-13-25(22,23)4)17-27-28-21-10-14-26-15-11-21;5-3(6)1-2-4(7)8/h6,8,16-18,21,23,26H,5,7,9-15H2,1-4H3;1-2H,(H,5,6)(H,7,8)/b27-17+;2-1+/t23?,24-,25-;/m1./s1. The first-order valence-electron chi connectivity index (χ1n) is 13.2. The van der Waals surface area contributed by atoms with Crippen molar-refractivity contribution in [3.05, 3.63) is 47.0 Å². The largest absolute Gasteiger partial charge is 0.478 e. The molecule has 0 amide bonds. The molecular weight excluding hydrogens is 456 g/mol. The number of nitrogens with one attached hydrogen (secondary N) is 1. The van der Waals surface area contributed by atoms with Crippen molar-refractivity contribution < 1.29 is 24.6 Å². The highest BCUT2D eigenvalue weighted by molar-refractivity contribution is 5.89. The Kier molecular flexibility index (Phi) is 9.34. The molecule has 1 aromatic rings. The summed E-state index contributed by atoms with van der Waals surface area (Å²) < 4.78 is 0. The van der Waals surface area contributed by atoms with Gasteiger partial charge in [-0.25, -0.2) is 9.59 Å². The van der Waals surface area contributed by atoms with Crippen molar-refractivity contribution in [1.82, 2.24) is 5.32 Å². The first-order chi connectivity index (χ1) is 17.0. The van der Waals surface area contributed by atoms with E-state index in [1.807, 2.05) is 0 Å². The molecule has 2 aliphatic carbocycles. The van der Waals surface area contributed by atoms with Gasteiger partial charge in [0.05, 0.1) is 0 Å². The number of fused-ring (bicyclic) bond motifs is 3. The Morgan fingerprint density at radius 2 is 1.75 bits per heavy atom. The predicted octanol–water partition coefficient (Wildman–Crippen LogP) is 5.29. The molecule has 2 fully saturated rings. The van der Waals surface area contributed by atoms with Crippen molar-refractivity contribution in [2.24, 2.45) is 16.5 Å². The number of aryl methyl sites for hydroxylation is 1. The fourth-order valence-corrected chi connectivity index (χ4v) is 6.35. The van der Waals surface area contributed by atoms with Crippen LogP contribution in [0.15, 0.2) is 35.5 Å². The summed E-state index contributed by atoms with van der Waals surface area (Å²) in [7, 11) is 0. The molecule has 0 spiro atoms. The van der Waals surface area contributed by atoms with Crippen LogP contribution in [0.5, 0.6) is 0 Å². The van der Waals surface area contributed by atoms with E-state index in [1.54, 1.807) is 11.1 Å². The molecule has 3 aliphatic rings. The summed E-state index contributed by atoms with van der Waals surface area (Å²) in [6.45, 7) is 11.6. The first-order valence-corrected chi connectivity index (χ1v) is 13.2. The number of piperidine rings is 1. The zero-order chi connectivity index (χ0) is 26.3. The fraction of sp³-hybridized carbons (Fsp3) is 0.621. The maximum absolute atomic E-state index is 9.55. The number of nitrogens with zero attached hydrogens (tertiary/aromatic N) is 1. The number of hydrogen-bond donors (Lipinski definition) is 3. The molecule has 198 valence electrons. The number of hydrogen-bond acceptors (Lipinski definition) is 5. The summed E-state index contributed by atoms with van der Waals surface area (Å²) in [6.07, 6.45) is 12.0. The molecule has 7 nitrogen and oxygen atoms in total. The number of oxime groups is 1. The van der Waals surface area contributed by atoms with E-state index in [4.69, 9.17) is 15.1 Å². The van der Waals surface area contributed by atoms with Gasteiger partial charge in [-0.2, -0.15) is 0 Å². The lowest BCUT2D eigenvalue weighted by Gasteiger charge is -2.54. The highest BCUT2D eigenvalue weighted by Crippen LogP contribution is 2.56. The van der Waals surface area contributed by atoms with Crippen LogP contribution >= 0.6 is 0 Å². The fourth-order valence-electron chi connectivity index (χ4n) is 6.35. The second kappa shape index (κ2) is 12.0. The molecule has 0 aromatic heterocycles. The summed E-state index contributed by atoms with van der Waals surface area (Å²) in [6, 6.07) is 7.31. The van der Waals surface area contributed by atoms with E-state index in [1.165, 1.54) is 37.7 Å². The molecule has 0 radical (unpaired) electrons. The number of carboxylic acids is 2. The van der Waals surface area contributed by atoms with Crippen molar-refractivity contribution in [3.8, 4) is 0 Å². The Balaban J connectivity index is 0.000000392. The van der Waals surface area contributed by atoms with Gasteiger partial charge in [0, 0.05) is 23.8 Å². The lowest BCUT2D eigenvalue weighted by atomic mass is 9.50. The smallest absolute Gasteiger partial charge is 0.328 e. The van der Waals surface area contributed by atoms with Gasteiger partial charge in [-0.1, -0.05) is 57.5 Å². The van der Waals surface area contributed by atoms with Crippen LogP contribution in [-0.2, 0) is 26.3 Å². The van der Waals surface area contributed by atoms with Gasteiger partial charge in [0.25, 0.3) is 0 Å². The minimum Gasteiger partial charge on any atom is -0.478 e. The van der Waals surface area contributed by atoms with Crippen LogP contribution in [0.3, 0.4) is 0 Å². The zero-order valence-electron chi connectivity index (χ0n) is 22.1. The second-order valence-electron chi connectivity index (χ2n) is 11.2. The Morgan fingerprint density at radius 1 is 1.08 bits per heavy atom. The van der Waals surface area contributed by atoms with Crippen LogP contribution in [0.25, 0.3) is 0 Å². The average molecular weight is 499 g/mol. The van der Waals surface area contributed by atoms with E-state index in [-0.39, 0.29) is 16.9 Å². The van der Waals surface area contributed by atoms with E-state index >= 15 is 0 Å². The number of rotatable bonds is 6. The van der Waals surface area contributed by atoms with Gasteiger partial charge in [-0.3, -0.25) is 0 Å². The minimum absolute atomic E-state index is 0.133. The summed E-state index contributed by atoms with van der Waals surface area (Å²) in [4.78, 5) is 25.0. The molecule has 1 heterocycles. The number of carboxylic acid groups (broad SMARTS) is 2. The Hall–Kier alpha value is -2.67. The van der Waals surface area contributed by atoms with E-state index in [9.17, 15) is 9.59 Å². The highest BCUT2D eigenvalue weighted by atomic mass is 16.6. The molecule has 36 heavy (non-hydrogen) atoms. The minimum atomic E-state index is -1.26.